The highest BCUT2D eigenvalue weighted by Gasteiger charge is 2.07. The number of rotatable bonds is 7. The predicted molar refractivity (Wildman–Crippen MR) is 70.0 cm³/mol. The normalized spacial score (nSPS) is 10.5. The number of aromatic nitrogens is 3. The lowest BCUT2D eigenvalue weighted by molar-refractivity contribution is 0.0690. The molecule has 19 heavy (non-hydrogen) atoms. The zero-order chi connectivity index (χ0) is 13.5. The van der Waals surface area contributed by atoms with Crippen molar-refractivity contribution in [2.45, 2.75) is 13.0 Å². The molecule has 0 amide bonds. The van der Waals surface area contributed by atoms with E-state index in [1.54, 1.807) is 0 Å². The number of hydrogen-bond acceptors (Lipinski definition) is 4. The maximum absolute atomic E-state index is 10.6. The van der Waals surface area contributed by atoms with E-state index in [0.29, 0.717) is 6.54 Å². The van der Waals surface area contributed by atoms with Gasteiger partial charge in [-0.2, -0.15) is 0 Å². The number of carboxylic acid groups (broad SMARTS) is 1. The molecule has 0 spiro atoms. The van der Waals surface area contributed by atoms with Gasteiger partial charge in [-0.25, -0.2) is 4.79 Å². The van der Waals surface area contributed by atoms with Gasteiger partial charge in [0.2, 0.25) is 0 Å². The number of carboxylic acids is 1. The molecular formula is C13H16N4O2. The number of carbonyl (C=O) groups is 1. The third-order valence-corrected chi connectivity index (χ3v) is 2.71. The van der Waals surface area contributed by atoms with Crippen LogP contribution in [0.5, 0.6) is 0 Å². The molecule has 6 heteroatoms. The molecule has 2 N–H and O–H groups in total. The Morgan fingerprint density at radius 3 is 2.74 bits per heavy atom. The summed E-state index contributed by atoms with van der Waals surface area (Å²) in [5, 5.41) is 19.3. The molecule has 2 rings (SSSR count). The molecule has 1 aromatic carbocycles. The van der Waals surface area contributed by atoms with E-state index in [9.17, 15) is 4.79 Å². The van der Waals surface area contributed by atoms with Crippen LogP contribution in [0.1, 0.15) is 16.1 Å². The lowest BCUT2D eigenvalue weighted by Gasteiger charge is -2.04. The summed E-state index contributed by atoms with van der Waals surface area (Å²) in [4.78, 5) is 10.6. The monoisotopic (exact) mass is 260 g/mol. The molecule has 0 fully saturated rings. The first-order valence-electron chi connectivity index (χ1n) is 6.14. The number of benzene rings is 1. The van der Waals surface area contributed by atoms with Gasteiger partial charge in [0.05, 0.1) is 12.7 Å². The Morgan fingerprint density at radius 2 is 2.05 bits per heavy atom. The van der Waals surface area contributed by atoms with Gasteiger partial charge in [-0.1, -0.05) is 35.5 Å². The van der Waals surface area contributed by atoms with E-state index < -0.39 is 5.97 Å². The predicted octanol–water partition coefficient (Wildman–Crippen LogP) is 0.809. The molecule has 0 saturated carbocycles. The zero-order valence-corrected chi connectivity index (χ0v) is 10.5. The third kappa shape index (κ3) is 4.18. The smallest absolute Gasteiger partial charge is 0.358 e. The average molecular weight is 260 g/mol. The van der Waals surface area contributed by atoms with Crippen LogP contribution in [0.15, 0.2) is 36.5 Å². The second kappa shape index (κ2) is 6.65. The van der Waals surface area contributed by atoms with E-state index in [-0.39, 0.29) is 5.69 Å². The van der Waals surface area contributed by atoms with Crippen molar-refractivity contribution in [1.82, 2.24) is 20.3 Å². The molecule has 1 heterocycles. The van der Waals surface area contributed by atoms with Crippen molar-refractivity contribution in [3.05, 3.63) is 47.8 Å². The maximum atomic E-state index is 10.6. The van der Waals surface area contributed by atoms with Crippen molar-refractivity contribution >= 4 is 5.97 Å². The van der Waals surface area contributed by atoms with E-state index in [0.717, 1.165) is 19.5 Å². The maximum Gasteiger partial charge on any atom is 0.358 e. The Bertz CT molecular complexity index is 524. The summed E-state index contributed by atoms with van der Waals surface area (Å²) in [6.45, 7) is 2.22. The molecule has 0 saturated heterocycles. The lowest BCUT2D eigenvalue weighted by atomic mass is 10.1. The minimum absolute atomic E-state index is 0.0238. The van der Waals surface area contributed by atoms with Crippen LogP contribution in [0.25, 0.3) is 0 Å². The van der Waals surface area contributed by atoms with Crippen LogP contribution in [0.2, 0.25) is 0 Å². The zero-order valence-electron chi connectivity index (χ0n) is 10.5. The lowest BCUT2D eigenvalue weighted by Crippen LogP contribution is -2.22. The van der Waals surface area contributed by atoms with Crippen LogP contribution in [-0.4, -0.2) is 39.2 Å². The van der Waals surface area contributed by atoms with Crippen molar-refractivity contribution in [1.29, 1.82) is 0 Å². The fraction of sp³-hybridized carbons (Fsp3) is 0.308. The topological polar surface area (TPSA) is 80.0 Å². The molecule has 0 aliphatic heterocycles. The summed E-state index contributed by atoms with van der Waals surface area (Å²) in [5.41, 5.74) is 1.27. The summed E-state index contributed by atoms with van der Waals surface area (Å²) in [6, 6.07) is 10.2. The molecule has 0 bridgehead atoms. The molecular weight excluding hydrogens is 244 g/mol. The van der Waals surface area contributed by atoms with Crippen molar-refractivity contribution in [2.75, 3.05) is 13.1 Å². The van der Waals surface area contributed by atoms with E-state index in [1.165, 1.54) is 16.4 Å². The molecule has 1 aromatic heterocycles. The van der Waals surface area contributed by atoms with Crippen molar-refractivity contribution in [3.8, 4) is 0 Å². The van der Waals surface area contributed by atoms with Gasteiger partial charge in [0.15, 0.2) is 5.69 Å². The van der Waals surface area contributed by atoms with Gasteiger partial charge in [0, 0.05) is 6.54 Å². The van der Waals surface area contributed by atoms with Crippen molar-refractivity contribution < 1.29 is 9.90 Å². The number of aromatic carboxylic acids is 1. The van der Waals surface area contributed by atoms with Crippen LogP contribution in [0.3, 0.4) is 0 Å². The average Bonchev–Trinajstić information content (AvgIpc) is 2.89. The van der Waals surface area contributed by atoms with Crippen molar-refractivity contribution in [3.63, 3.8) is 0 Å². The first kappa shape index (κ1) is 13.2. The number of nitrogens with one attached hydrogen (secondary N) is 1. The SMILES string of the molecule is O=C(O)c1cn(CCNCCc2ccccc2)nn1. The fourth-order valence-corrected chi connectivity index (χ4v) is 1.70. The van der Waals surface area contributed by atoms with E-state index in [1.807, 2.05) is 18.2 Å². The Balaban J connectivity index is 1.65. The highest BCUT2D eigenvalue weighted by Crippen LogP contribution is 1.98. The number of hydrogen-bond donors (Lipinski definition) is 2. The molecule has 0 aliphatic carbocycles. The first-order chi connectivity index (χ1) is 9.25. The van der Waals surface area contributed by atoms with E-state index in [2.05, 4.69) is 27.8 Å². The Kier molecular flexibility index (Phi) is 4.63. The van der Waals surface area contributed by atoms with Gasteiger partial charge >= 0.3 is 5.97 Å². The van der Waals surface area contributed by atoms with Gasteiger partial charge in [-0.15, -0.1) is 5.10 Å². The van der Waals surface area contributed by atoms with Gasteiger partial charge in [0.1, 0.15) is 0 Å². The molecule has 0 aliphatic rings. The summed E-state index contributed by atoms with van der Waals surface area (Å²) < 4.78 is 1.53. The Hall–Kier alpha value is -2.21. The minimum atomic E-state index is -1.05. The van der Waals surface area contributed by atoms with Crippen molar-refractivity contribution in [2.24, 2.45) is 0 Å². The molecule has 0 atom stereocenters. The molecule has 2 aromatic rings. The second-order valence-electron chi connectivity index (χ2n) is 4.16. The van der Waals surface area contributed by atoms with Crippen LogP contribution in [0, 0.1) is 0 Å². The largest absolute Gasteiger partial charge is 0.476 e. The fourth-order valence-electron chi connectivity index (χ4n) is 1.70. The van der Waals surface area contributed by atoms with Crippen LogP contribution in [-0.2, 0) is 13.0 Å². The Morgan fingerprint density at radius 1 is 1.26 bits per heavy atom. The summed E-state index contributed by atoms with van der Waals surface area (Å²) in [6.07, 6.45) is 2.40. The minimum Gasteiger partial charge on any atom is -0.476 e. The summed E-state index contributed by atoms with van der Waals surface area (Å²) in [5.74, 6) is -1.05. The molecule has 6 nitrogen and oxygen atoms in total. The second-order valence-corrected chi connectivity index (χ2v) is 4.16. The van der Waals surface area contributed by atoms with Crippen LogP contribution < -0.4 is 5.32 Å². The molecule has 0 unspecified atom stereocenters. The van der Waals surface area contributed by atoms with Gasteiger partial charge in [-0.05, 0) is 18.5 Å². The molecule has 100 valence electrons. The van der Waals surface area contributed by atoms with E-state index in [4.69, 9.17) is 5.11 Å². The van der Waals surface area contributed by atoms with Gasteiger partial charge in [0.25, 0.3) is 0 Å². The Labute approximate surface area is 111 Å². The van der Waals surface area contributed by atoms with Gasteiger partial charge < -0.3 is 10.4 Å². The summed E-state index contributed by atoms with van der Waals surface area (Å²) >= 11 is 0. The molecule has 0 radical (unpaired) electrons. The highest BCUT2D eigenvalue weighted by atomic mass is 16.4. The van der Waals surface area contributed by atoms with Gasteiger partial charge in [-0.3, -0.25) is 4.68 Å². The number of nitrogens with zero attached hydrogens (tertiary/aromatic N) is 3. The third-order valence-electron chi connectivity index (χ3n) is 2.71. The van der Waals surface area contributed by atoms with Crippen LogP contribution in [0.4, 0.5) is 0 Å². The first-order valence-corrected chi connectivity index (χ1v) is 6.14. The quantitative estimate of drug-likeness (QED) is 0.720. The van der Waals surface area contributed by atoms with E-state index >= 15 is 0 Å². The standard InChI is InChI=1S/C13H16N4O2/c18-13(19)12-10-17(16-15-12)9-8-14-7-6-11-4-2-1-3-5-11/h1-5,10,14H,6-9H2,(H,18,19). The summed E-state index contributed by atoms with van der Waals surface area (Å²) in [7, 11) is 0. The van der Waals surface area contributed by atoms with Crippen LogP contribution >= 0.6 is 0 Å². The highest BCUT2D eigenvalue weighted by molar-refractivity contribution is 5.84.